The molecule has 0 aromatic heterocycles. The molecule has 18 heavy (non-hydrogen) atoms. The quantitative estimate of drug-likeness (QED) is 0.748. The van der Waals surface area contributed by atoms with E-state index in [9.17, 15) is 0 Å². The van der Waals surface area contributed by atoms with Gasteiger partial charge in [-0.25, -0.2) is 0 Å². The third-order valence-electron chi connectivity index (χ3n) is 5.38. The molecule has 104 valence electrons. The smallest absolute Gasteiger partial charge is 0.0726 e. The molecule has 3 nitrogen and oxygen atoms in total. The van der Waals surface area contributed by atoms with Gasteiger partial charge in [0, 0.05) is 38.3 Å². The first-order chi connectivity index (χ1) is 8.79. The number of ether oxygens (including phenoxy) is 1. The molecular formula is C15H28N2O. The van der Waals surface area contributed by atoms with E-state index in [4.69, 9.17) is 4.74 Å². The van der Waals surface area contributed by atoms with Crippen LogP contribution in [-0.2, 0) is 4.74 Å². The maximum absolute atomic E-state index is 5.71. The van der Waals surface area contributed by atoms with Crippen molar-refractivity contribution in [3.63, 3.8) is 0 Å². The number of piperidine rings is 1. The van der Waals surface area contributed by atoms with Crippen LogP contribution in [0.3, 0.4) is 0 Å². The van der Waals surface area contributed by atoms with Crippen molar-refractivity contribution in [2.24, 2.45) is 0 Å². The number of rotatable bonds is 2. The summed E-state index contributed by atoms with van der Waals surface area (Å²) in [7, 11) is 1.89. The van der Waals surface area contributed by atoms with Gasteiger partial charge in [0.25, 0.3) is 0 Å². The van der Waals surface area contributed by atoms with Crippen molar-refractivity contribution in [1.29, 1.82) is 0 Å². The van der Waals surface area contributed by atoms with E-state index < -0.39 is 0 Å². The first-order valence-corrected chi connectivity index (χ1v) is 7.82. The predicted octanol–water partition coefficient (Wildman–Crippen LogP) is 2.11. The molecule has 4 atom stereocenters. The molecule has 2 saturated heterocycles. The second-order valence-electron chi connectivity index (χ2n) is 6.46. The van der Waals surface area contributed by atoms with Crippen LogP contribution in [0.4, 0.5) is 0 Å². The summed E-state index contributed by atoms with van der Waals surface area (Å²) < 4.78 is 5.71. The Balaban J connectivity index is 1.68. The number of hydrogen-bond donors (Lipinski definition) is 0. The zero-order valence-corrected chi connectivity index (χ0v) is 12.0. The van der Waals surface area contributed by atoms with Gasteiger partial charge in [-0.15, -0.1) is 0 Å². The van der Waals surface area contributed by atoms with Gasteiger partial charge in [-0.05, 0) is 45.6 Å². The monoisotopic (exact) mass is 252 g/mol. The number of methoxy groups -OCH3 is 1. The summed E-state index contributed by atoms with van der Waals surface area (Å²) in [6.07, 6.45) is 8.69. The van der Waals surface area contributed by atoms with Crippen molar-refractivity contribution >= 4 is 0 Å². The second kappa shape index (κ2) is 5.48. The molecule has 0 aromatic carbocycles. The molecule has 3 heteroatoms. The molecule has 0 spiro atoms. The average molecular weight is 252 g/mol. The number of hydrogen-bond acceptors (Lipinski definition) is 3. The summed E-state index contributed by atoms with van der Waals surface area (Å²) in [5, 5.41) is 0. The zero-order chi connectivity index (χ0) is 12.5. The van der Waals surface area contributed by atoms with Crippen molar-refractivity contribution in [3.8, 4) is 0 Å². The van der Waals surface area contributed by atoms with Crippen LogP contribution in [0.15, 0.2) is 0 Å². The standard InChI is InChI=1S/C15H28N2O/c1-12-10-16-9-4-3-6-13(16)11-17(12)14-7-5-8-15(14)18-2/h12-15H,3-11H2,1-2H3. The van der Waals surface area contributed by atoms with Crippen LogP contribution in [0, 0.1) is 0 Å². The lowest BCUT2D eigenvalue weighted by molar-refractivity contribution is -0.0438. The maximum atomic E-state index is 5.71. The molecule has 0 aromatic rings. The number of fused-ring (bicyclic) bond motifs is 1. The lowest BCUT2D eigenvalue weighted by atomic mass is 9.95. The van der Waals surface area contributed by atoms with Crippen LogP contribution in [0.1, 0.15) is 45.4 Å². The van der Waals surface area contributed by atoms with E-state index in [0.717, 1.165) is 6.04 Å². The minimum Gasteiger partial charge on any atom is -0.380 e. The van der Waals surface area contributed by atoms with Gasteiger partial charge in [-0.3, -0.25) is 9.80 Å². The summed E-state index contributed by atoms with van der Waals surface area (Å²) in [6, 6.07) is 2.22. The molecule has 2 heterocycles. The molecule has 0 N–H and O–H groups in total. The number of piperazine rings is 1. The average Bonchev–Trinajstić information content (AvgIpc) is 2.86. The zero-order valence-electron chi connectivity index (χ0n) is 12.0. The summed E-state index contributed by atoms with van der Waals surface area (Å²) in [4.78, 5) is 5.51. The Hall–Kier alpha value is -0.120. The lowest BCUT2D eigenvalue weighted by Gasteiger charge is -2.50. The van der Waals surface area contributed by atoms with E-state index in [1.54, 1.807) is 0 Å². The van der Waals surface area contributed by atoms with Gasteiger partial charge in [0.05, 0.1) is 6.10 Å². The Bertz CT molecular complexity index is 284. The molecule has 0 amide bonds. The summed E-state index contributed by atoms with van der Waals surface area (Å²) in [5.74, 6) is 0. The molecule has 0 bridgehead atoms. The van der Waals surface area contributed by atoms with E-state index in [-0.39, 0.29) is 0 Å². The topological polar surface area (TPSA) is 15.7 Å². The molecule has 3 fully saturated rings. The Morgan fingerprint density at radius 2 is 1.89 bits per heavy atom. The largest absolute Gasteiger partial charge is 0.380 e. The Morgan fingerprint density at radius 3 is 2.72 bits per heavy atom. The minimum atomic E-state index is 0.489. The van der Waals surface area contributed by atoms with Crippen molar-refractivity contribution in [3.05, 3.63) is 0 Å². The van der Waals surface area contributed by atoms with Crippen LogP contribution < -0.4 is 0 Å². The molecule has 1 aliphatic carbocycles. The molecule has 3 rings (SSSR count). The molecule has 4 unspecified atom stereocenters. The fourth-order valence-electron chi connectivity index (χ4n) is 4.40. The van der Waals surface area contributed by atoms with Crippen LogP contribution in [0.5, 0.6) is 0 Å². The highest BCUT2D eigenvalue weighted by molar-refractivity contribution is 4.96. The third-order valence-corrected chi connectivity index (χ3v) is 5.38. The van der Waals surface area contributed by atoms with E-state index in [1.807, 2.05) is 7.11 Å². The first kappa shape index (κ1) is 12.9. The van der Waals surface area contributed by atoms with Crippen LogP contribution >= 0.6 is 0 Å². The highest BCUT2D eigenvalue weighted by atomic mass is 16.5. The molecule has 3 aliphatic rings. The Morgan fingerprint density at radius 1 is 1.00 bits per heavy atom. The fourth-order valence-corrected chi connectivity index (χ4v) is 4.40. The van der Waals surface area contributed by atoms with E-state index >= 15 is 0 Å². The molecular weight excluding hydrogens is 224 g/mol. The lowest BCUT2D eigenvalue weighted by Crippen LogP contribution is -2.62. The van der Waals surface area contributed by atoms with Gasteiger partial charge in [0.2, 0.25) is 0 Å². The maximum Gasteiger partial charge on any atom is 0.0726 e. The highest BCUT2D eigenvalue weighted by Gasteiger charge is 2.40. The summed E-state index contributed by atoms with van der Waals surface area (Å²) in [5.41, 5.74) is 0. The van der Waals surface area contributed by atoms with Gasteiger partial charge in [0.1, 0.15) is 0 Å². The van der Waals surface area contributed by atoms with Crippen LogP contribution in [0.25, 0.3) is 0 Å². The normalized spacial score (nSPS) is 43.0. The first-order valence-electron chi connectivity index (χ1n) is 7.82. The van der Waals surface area contributed by atoms with E-state index in [1.165, 1.54) is 58.2 Å². The van der Waals surface area contributed by atoms with Gasteiger partial charge in [-0.2, -0.15) is 0 Å². The van der Waals surface area contributed by atoms with Crippen molar-refractivity contribution in [1.82, 2.24) is 9.80 Å². The molecule has 1 saturated carbocycles. The van der Waals surface area contributed by atoms with Crippen LogP contribution in [0.2, 0.25) is 0 Å². The van der Waals surface area contributed by atoms with E-state index in [0.29, 0.717) is 18.2 Å². The predicted molar refractivity (Wildman–Crippen MR) is 73.8 cm³/mol. The van der Waals surface area contributed by atoms with Crippen molar-refractivity contribution in [2.45, 2.75) is 69.7 Å². The van der Waals surface area contributed by atoms with Gasteiger partial charge in [-0.1, -0.05) is 6.42 Å². The molecule has 2 aliphatic heterocycles. The van der Waals surface area contributed by atoms with E-state index in [2.05, 4.69) is 16.7 Å². The molecule has 0 radical (unpaired) electrons. The summed E-state index contributed by atoms with van der Waals surface area (Å²) in [6.45, 7) is 6.31. The van der Waals surface area contributed by atoms with Gasteiger partial charge < -0.3 is 4.74 Å². The third kappa shape index (κ3) is 2.33. The van der Waals surface area contributed by atoms with Crippen LogP contribution in [-0.4, -0.2) is 60.8 Å². The Labute approximate surface area is 111 Å². The minimum absolute atomic E-state index is 0.489. The van der Waals surface area contributed by atoms with Crippen molar-refractivity contribution in [2.75, 3.05) is 26.7 Å². The Kier molecular flexibility index (Phi) is 3.92. The van der Waals surface area contributed by atoms with Gasteiger partial charge in [0.15, 0.2) is 0 Å². The highest BCUT2D eigenvalue weighted by Crippen LogP contribution is 2.32. The van der Waals surface area contributed by atoms with Gasteiger partial charge >= 0.3 is 0 Å². The SMILES string of the molecule is COC1CCCC1N1CC2CCCCN2CC1C. The second-order valence-corrected chi connectivity index (χ2v) is 6.46. The summed E-state index contributed by atoms with van der Waals surface area (Å²) >= 11 is 0. The number of nitrogens with zero attached hydrogens (tertiary/aromatic N) is 2. The fraction of sp³-hybridized carbons (Fsp3) is 1.00. The van der Waals surface area contributed by atoms with Crippen molar-refractivity contribution < 1.29 is 4.74 Å².